The van der Waals surface area contributed by atoms with E-state index >= 15 is 0 Å². The highest BCUT2D eigenvalue weighted by Gasteiger charge is 2.31. The van der Waals surface area contributed by atoms with Crippen molar-refractivity contribution in [3.05, 3.63) is 34.7 Å². The minimum Gasteiger partial charge on any atom is -0.361 e. The molecule has 1 fully saturated rings. The molecule has 1 aliphatic carbocycles. The number of aryl methyl sites for hydroxylation is 2. The number of nitrogens with zero attached hydrogens (tertiary/aromatic N) is 4. The molecule has 22 heavy (non-hydrogen) atoms. The third-order valence-corrected chi connectivity index (χ3v) is 5.11. The predicted octanol–water partition coefficient (Wildman–Crippen LogP) is 2.93. The Balaban J connectivity index is 1.59. The Morgan fingerprint density at radius 3 is 2.91 bits per heavy atom. The fraction of sp³-hybridized carbons (Fsp3) is 0.647. The topological polar surface area (TPSA) is 47.1 Å². The molecule has 1 saturated heterocycles. The van der Waals surface area contributed by atoms with Crippen molar-refractivity contribution in [3.63, 3.8) is 0 Å². The van der Waals surface area contributed by atoms with Crippen molar-refractivity contribution in [1.82, 2.24) is 19.6 Å². The first-order valence-corrected chi connectivity index (χ1v) is 8.43. The number of fused-ring (bicyclic) bond motifs is 1. The lowest BCUT2D eigenvalue weighted by Crippen LogP contribution is -2.25. The van der Waals surface area contributed by atoms with Crippen LogP contribution in [0.3, 0.4) is 0 Å². The fourth-order valence-corrected chi connectivity index (χ4v) is 4.01. The Morgan fingerprint density at radius 1 is 1.27 bits per heavy atom. The molecule has 0 amide bonds. The van der Waals surface area contributed by atoms with E-state index in [1.165, 1.54) is 49.3 Å². The molecule has 2 aromatic rings. The van der Waals surface area contributed by atoms with Crippen LogP contribution in [0.15, 0.2) is 10.6 Å². The van der Waals surface area contributed by atoms with Crippen LogP contribution in [0, 0.1) is 6.92 Å². The van der Waals surface area contributed by atoms with Crippen LogP contribution in [0.4, 0.5) is 0 Å². The molecule has 0 spiro atoms. The van der Waals surface area contributed by atoms with Gasteiger partial charge in [-0.1, -0.05) is 5.16 Å². The molecule has 2 aromatic heterocycles. The van der Waals surface area contributed by atoms with Crippen LogP contribution >= 0.6 is 0 Å². The highest BCUT2D eigenvalue weighted by Crippen LogP contribution is 2.34. The van der Waals surface area contributed by atoms with Gasteiger partial charge in [-0.2, -0.15) is 0 Å². The number of hydrogen-bond donors (Lipinski definition) is 0. The summed E-state index contributed by atoms with van der Waals surface area (Å²) in [6.07, 6.45) is 7.36. The van der Waals surface area contributed by atoms with E-state index in [1.54, 1.807) is 0 Å². The van der Waals surface area contributed by atoms with E-state index in [4.69, 9.17) is 9.51 Å². The maximum Gasteiger partial charge on any atom is 0.133 e. The van der Waals surface area contributed by atoms with Crippen LogP contribution in [-0.4, -0.2) is 26.2 Å². The number of likely N-dealkylation sites (tertiary alicyclic amines) is 1. The van der Waals surface area contributed by atoms with Crippen molar-refractivity contribution in [2.75, 3.05) is 6.54 Å². The van der Waals surface area contributed by atoms with Crippen molar-refractivity contribution in [1.29, 1.82) is 0 Å². The number of rotatable bonds is 3. The molecule has 4 rings (SSSR count). The van der Waals surface area contributed by atoms with E-state index < -0.39 is 0 Å². The summed E-state index contributed by atoms with van der Waals surface area (Å²) < 4.78 is 7.57. The van der Waals surface area contributed by atoms with Crippen molar-refractivity contribution in [2.24, 2.45) is 7.05 Å². The SMILES string of the molecule is Cc1cc(CN2CCCC2c2nc3c(n2C)CCCC3)no1. The summed E-state index contributed by atoms with van der Waals surface area (Å²) in [6.45, 7) is 3.93. The first-order chi connectivity index (χ1) is 10.7. The van der Waals surface area contributed by atoms with Crippen molar-refractivity contribution >= 4 is 0 Å². The minimum absolute atomic E-state index is 0.424. The monoisotopic (exact) mass is 300 g/mol. The smallest absolute Gasteiger partial charge is 0.133 e. The molecule has 0 N–H and O–H groups in total. The van der Waals surface area contributed by atoms with Crippen molar-refractivity contribution < 1.29 is 4.52 Å². The lowest BCUT2D eigenvalue weighted by atomic mass is 10.0. The second-order valence-electron chi connectivity index (χ2n) is 6.69. The van der Waals surface area contributed by atoms with Crippen LogP contribution in [0.25, 0.3) is 0 Å². The van der Waals surface area contributed by atoms with Gasteiger partial charge >= 0.3 is 0 Å². The largest absolute Gasteiger partial charge is 0.361 e. The van der Waals surface area contributed by atoms with Gasteiger partial charge in [0.1, 0.15) is 11.6 Å². The van der Waals surface area contributed by atoms with Gasteiger partial charge in [0.2, 0.25) is 0 Å². The molecule has 0 bridgehead atoms. The van der Waals surface area contributed by atoms with Gasteiger partial charge in [0.15, 0.2) is 0 Å². The van der Waals surface area contributed by atoms with Crippen molar-refractivity contribution in [2.45, 2.75) is 58.0 Å². The summed E-state index contributed by atoms with van der Waals surface area (Å²) >= 11 is 0. The average Bonchev–Trinajstić information content (AvgIpc) is 3.21. The first-order valence-electron chi connectivity index (χ1n) is 8.43. The highest BCUT2D eigenvalue weighted by molar-refractivity contribution is 5.22. The standard InChI is InChI=1S/C17H24N4O/c1-12-10-13(19-22-12)11-21-9-5-8-16(21)17-18-14-6-3-4-7-15(14)20(17)2/h10,16H,3-9,11H2,1-2H3. The third-order valence-electron chi connectivity index (χ3n) is 5.11. The molecule has 3 heterocycles. The number of aromatic nitrogens is 3. The minimum atomic E-state index is 0.424. The number of imidazole rings is 1. The molecule has 118 valence electrons. The van der Waals surface area contributed by atoms with Gasteiger partial charge in [0.25, 0.3) is 0 Å². The van der Waals surface area contributed by atoms with Gasteiger partial charge in [0.05, 0.1) is 17.4 Å². The van der Waals surface area contributed by atoms with Gasteiger partial charge in [-0.15, -0.1) is 0 Å². The predicted molar refractivity (Wildman–Crippen MR) is 83.5 cm³/mol. The molecule has 0 radical (unpaired) electrons. The average molecular weight is 300 g/mol. The molecule has 0 saturated carbocycles. The molecule has 1 unspecified atom stereocenters. The Labute approximate surface area is 131 Å². The summed E-state index contributed by atoms with van der Waals surface area (Å²) in [5.41, 5.74) is 3.83. The number of hydrogen-bond acceptors (Lipinski definition) is 4. The summed E-state index contributed by atoms with van der Waals surface area (Å²) in [6, 6.07) is 2.46. The van der Waals surface area contributed by atoms with Crippen LogP contribution in [0.2, 0.25) is 0 Å². The fourth-order valence-electron chi connectivity index (χ4n) is 4.01. The molecular weight excluding hydrogens is 276 g/mol. The second-order valence-corrected chi connectivity index (χ2v) is 6.69. The van der Waals surface area contributed by atoms with Crippen LogP contribution < -0.4 is 0 Å². The van der Waals surface area contributed by atoms with E-state index in [0.717, 1.165) is 31.0 Å². The van der Waals surface area contributed by atoms with E-state index in [-0.39, 0.29) is 0 Å². The summed E-state index contributed by atoms with van der Waals surface area (Å²) in [4.78, 5) is 7.51. The Morgan fingerprint density at radius 2 is 2.14 bits per heavy atom. The van der Waals surface area contributed by atoms with E-state index in [0.29, 0.717) is 6.04 Å². The van der Waals surface area contributed by atoms with Gasteiger partial charge in [-0.05, 0) is 52.0 Å². The normalized spacial score (nSPS) is 22.2. The van der Waals surface area contributed by atoms with Crippen LogP contribution in [-0.2, 0) is 26.4 Å². The zero-order valence-corrected chi connectivity index (χ0v) is 13.5. The van der Waals surface area contributed by atoms with Crippen LogP contribution in [0.5, 0.6) is 0 Å². The van der Waals surface area contributed by atoms with Crippen LogP contribution in [0.1, 0.15) is 60.4 Å². The van der Waals surface area contributed by atoms with Gasteiger partial charge in [0, 0.05) is 25.4 Å². The van der Waals surface area contributed by atoms with Gasteiger partial charge in [-0.3, -0.25) is 4.90 Å². The highest BCUT2D eigenvalue weighted by atomic mass is 16.5. The zero-order chi connectivity index (χ0) is 15.1. The zero-order valence-electron chi connectivity index (χ0n) is 13.5. The Hall–Kier alpha value is -1.62. The molecule has 1 aliphatic heterocycles. The maximum absolute atomic E-state index is 5.21. The molecular formula is C17H24N4O. The van der Waals surface area contributed by atoms with Gasteiger partial charge < -0.3 is 9.09 Å². The molecule has 5 nitrogen and oxygen atoms in total. The first kappa shape index (κ1) is 14.0. The quantitative estimate of drug-likeness (QED) is 0.874. The van der Waals surface area contributed by atoms with Gasteiger partial charge in [-0.25, -0.2) is 4.98 Å². The Bertz CT molecular complexity index is 672. The van der Waals surface area contributed by atoms with Crippen molar-refractivity contribution in [3.8, 4) is 0 Å². The van der Waals surface area contributed by atoms with E-state index in [2.05, 4.69) is 21.7 Å². The summed E-state index contributed by atoms with van der Waals surface area (Å²) in [7, 11) is 2.20. The Kier molecular flexibility index (Phi) is 3.53. The lowest BCUT2D eigenvalue weighted by molar-refractivity contribution is 0.228. The molecule has 2 aliphatic rings. The lowest BCUT2D eigenvalue weighted by Gasteiger charge is -2.23. The molecule has 0 aromatic carbocycles. The summed E-state index contributed by atoms with van der Waals surface area (Å²) in [5.74, 6) is 2.14. The second kappa shape index (κ2) is 5.54. The van der Waals surface area contributed by atoms with E-state index in [9.17, 15) is 0 Å². The summed E-state index contributed by atoms with van der Waals surface area (Å²) in [5, 5.41) is 4.15. The third kappa shape index (κ3) is 2.37. The van der Waals surface area contributed by atoms with E-state index in [1.807, 2.05) is 13.0 Å². The molecule has 5 heteroatoms. The molecule has 1 atom stereocenters. The maximum atomic E-state index is 5.21.